The molecule has 1 aliphatic carbocycles. The topological polar surface area (TPSA) is 114 Å². The summed E-state index contributed by atoms with van der Waals surface area (Å²) in [6.07, 6.45) is 6.22. The van der Waals surface area contributed by atoms with Crippen LogP contribution < -0.4 is 15.2 Å². The van der Waals surface area contributed by atoms with Crippen LogP contribution in [0.2, 0.25) is 0 Å². The lowest BCUT2D eigenvalue weighted by Crippen LogP contribution is -2.36. The molecule has 3 heterocycles. The lowest BCUT2D eigenvalue weighted by molar-refractivity contribution is -0.145. The van der Waals surface area contributed by atoms with Crippen LogP contribution in [0.3, 0.4) is 0 Å². The molecule has 10 heteroatoms. The van der Waals surface area contributed by atoms with E-state index in [1.165, 1.54) is 0 Å². The second kappa shape index (κ2) is 8.99. The third-order valence-corrected chi connectivity index (χ3v) is 9.00. The molecule has 0 amide bonds. The van der Waals surface area contributed by atoms with E-state index < -0.39 is 10.0 Å². The van der Waals surface area contributed by atoms with Gasteiger partial charge in [0.2, 0.25) is 10.0 Å². The number of ether oxygens (including phenoxy) is 1. The van der Waals surface area contributed by atoms with E-state index in [-0.39, 0.29) is 28.6 Å². The van der Waals surface area contributed by atoms with Crippen molar-refractivity contribution >= 4 is 38.3 Å². The van der Waals surface area contributed by atoms with E-state index in [0.29, 0.717) is 17.8 Å². The molecule has 1 aliphatic heterocycles. The molecule has 1 atom stereocenters. The molecule has 1 saturated heterocycles. The first-order valence-electron chi connectivity index (χ1n) is 12.4. The lowest BCUT2D eigenvalue weighted by Gasteiger charge is -2.36. The summed E-state index contributed by atoms with van der Waals surface area (Å²) in [5.41, 5.74) is 3.56. The fraction of sp³-hybridized carbons (Fsp3) is 0.462. The largest absolute Gasteiger partial charge is 0.466 e. The lowest BCUT2D eigenvalue weighted by atomic mass is 9.89. The molecule has 2 aliphatic rings. The van der Waals surface area contributed by atoms with Gasteiger partial charge in [-0.15, -0.1) is 0 Å². The van der Waals surface area contributed by atoms with Crippen molar-refractivity contribution < 1.29 is 17.9 Å². The number of pyridine rings is 1. The Bertz CT molecular complexity index is 1480. The van der Waals surface area contributed by atoms with Gasteiger partial charge in [-0.2, -0.15) is 0 Å². The van der Waals surface area contributed by atoms with Gasteiger partial charge in [0.05, 0.1) is 18.3 Å². The van der Waals surface area contributed by atoms with Crippen LogP contribution >= 0.6 is 0 Å². The molecule has 9 nitrogen and oxygen atoms in total. The maximum Gasteiger partial charge on any atom is 0.309 e. The number of piperidine rings is 1. The molecule has 1 saturated carbocycles. The van der Waals surface area contributed by atoms with Gasteiger partial charge >= 0.3 is 5.97 Å². The summed E-state index contributed by atoms with van der Waals surface area (Å²) in [6.45, 7) is 5.40. The summed E-state index contributed by atoms with van der Waals surface area (Å²) in [5.74, 6) is -0.116. The summed E-state index contributed by atoms with van der Waals surface area (Å²) in [7, 11) is -1.74. The molecule has 0 radical (unpaired) electrons. The molecule has 36 heavy (non-hydrogen) atoms. The Kier molecular flexibility index (Phi) is 6.10. The van der Waals surface area contributed by atoms with E-state index in [2.05, 4.69) is 14.6 Å². The van der Waals surface area contributed by atoms with Crippen molar-refractivity contribution in [1.82, 2.24) is 9.55 Å². The van der Waals surface area contributed by atoms with Gasteiger partial charge in [-0.3, -0.25) is 14.3 Å². The monoisotopic (exact) mass is 512 g/mol. The number of aromatic nitrogens is 2. The number of hydrogen-bond donors (Lipinski definition) is 2. The molecule has 5 rings (SSSR count). The second-order valence-corrected chi connectivity index (χ2v) is 11.8. The Morgan fingerprint density at radius 1 is 1.19 bits per heavy atom. The zero-order valence-corrected chi connectivity index (χ0v) is 21.7. The molecule has 2 N–H and O–H groups in total. The standard InChI is InChI=1S/C26H32N4O5S/c1-4-35-25(32)21-15-26(21)9-12-30(13-10-26)22-7-6-17(28-36(33,34)5-2)14-19(22)20-16-29(3)24(31)23-18(20)8-11-27-23/h6-8,11,14,16,21,27-28H,4-5,9-10,12-13,15H2,1-3H3. The number of hydrogen-bond acceptors (Lipinski definition) is 6. The number of nitrogens with zero attached hydrogens (tertiary/aromatic N) is 2. The zero-order valence-electron chi connectivity index (χ0n) is 20.8. The number of sulfonamides is 1. The predicted octanol–water partition coefficient (Wildman–Crippen LogP) is 3.46. The minimum atomic E-state index is -3.45. The van der Waals surface area contributed by atoms with E-state index >= 15 is 0 Å². The number of aryl methyl sites for hydroxylation is 1. The number of rotatable bonds is 7. The number of carbonyl (C=O) groups is 1. The number of fused-ring (bicyclic) bond motifs is 1. The highest BCUT2D eigenvalue weighted by Gasteiger charge is 2.59. The van der Waals surface area contributed by atoms with Gasteiger partial charge in [-0.1, -0.05) is 0 Å². The average molecular weight is 513 g/mol. The summed E-state index contributed by atoms with van der Waals surface area (Å²) in [5, 5.41) is 0.785. The first-order valence-corrected chi connectivity index (χ1v) is 14.1. The second-order valence-electron chi connectivity index (χ2n) is 9.82. The van der Waals surface area contributed by atoms with Gasteiger partial charge in [-0.25, -0.2) is 8.42 Å². The number of anilines is 2. The number of H-pyrrole nitrogens is 1. The predicted molar refractivity (Wildman–Crippen MR) is 141 cm³/mol. The quantitative estimate of drug-likeness (QED) is 0.469. The highest BCUT2D eigenvalue weighted by Crippen LogP contribution is 2.60. The van der Waals surface area contributed by atoms with Crippen LogP contribution in [0.1, 0.15) is 33.1 Å². The average Bonchev–Trinajstić information content (AvgIpc) is 3.32. The summed E-state index contributed by atoms with van der Waals surface area (Å²) in [4.78, 5) is 30.3. The van der Waals surface area contributed by atoms with Crippen molar-refractivity contribution in [2.75, 3.05) is 35.1 Å². The van der Waals surface area contributed by atoms with E-state index in [1.54, 1.807) is 37.0 Å². The maximum atomic E-state index is 12.7. The van der Waals surface area contributed by atoms with Crippen molar-refractivity contribution in [1.29, 1.82) is 0 Å². The minimum Gasteiger partial charge on any atom is -0.466 e. The number of nitrogens with one attached hydrogen (secondary N) is 2. The van der Waals surface area contributed by atoms with Gasteiger partial charge in [0, 0.05) is 60.4 Å². The van der Waals surface area contributed by atoms with Crippen molar-refractivity contribution in [2.24, 2.45) is 18.4 Å². The molecule has 1 spiro atoms. The van der Waals surface area contributed by atoms with E-state index in [9.17, 15) is 18.0 Å². The highest BCUT2D eigenvalue weighted by atomic mass is 32.2. The number of benzene rings is 1. The third-order valence-electron chi connectivity index (χ3n) is 7.70. The molecular formula is C26H32N4O5S. The molecule has 1 unspecified atom stereocenters. The van der Waals surface area contributed by atoms with E-state index in [4.69, 9.17) is 4.74 Å². The smallest absolute Gasteiger partial charge is 0.309 e. The molecule has 2 fully saturated rings. The van der Waals surface area contributed by atoms with Gasteiger partial charge in [0.25, 0.3) is 5.56 Å². The van der Waals surface area contributed by atoms with Crippen LogP contribution in [0.5, 0.6) is 0 Å². The normalized spacial score (nSPS) is 19.0. The Hall–Kier alpha value is -3.27. The van der Waals surface area contributed by atoms with Crippen LogP contribution in [-0.4, -0.2) is 49.4 Å². The summed E-state index contributed by atoms with van der Waals surface area (Å²) < 4.78 is 34.0. The number of aromatic amines is 1. The van der Waals surface area contributed by atoms with Crippen molar-refractivity contribution in [2.45, 2.75) is 33.1 Å². The van der Waals surface area contributed by atoms with Crippen molar-refractivity contribution in [3.63, 3.8) is 0 Å². The Labute approximate surface area is 210 Å². The highest BCUT2D eigenvalue weighted by molar-refractivity contribution is 7.92. The number of carbonyl (C=O) groups excluding carboxylic acids is 1. The van der Waals surface area contributed by atoms with Gasteiger partial charge in [0.1, 0.15) is 5.52 Å². The molecule has 3 aromatic rings. The van der Waals surface area contributed by atoms with Crippen molar-refractivity contribution in [3.8, 4) is 11.1 Å². The fourth-order valence-electron chi connectivity index (χ4n) is 5.50. The molecule has 1 aromatic carbocycles. The number of esters is 1. The van der Waals surface area contributed by atoms with Gasteiger partial charge in [-0.05, 0) is 62.8 Å². The molecule has 0 bridgehead atoms. The minimum absolute atomic E-state index is 0.00646. The van der Waals surface area contributed by atoms with E-state index in [0.717, 1.165) is 54.6 Å². The van der Waals surface area contributed by atoms with E-state index in [1.807, 2.05) is 25.1 Å². The molecule has 2 aromatic heterocycles. The molecule has 192 valence electrons. The fourth-order valence-corrected chi connectivity index (χ4v) is 6.13. The Morgan fingerprint density at radius 3 is 2.64 bits per heavy atom. The SMILES string of the molecule is CCOC(=O)C1CC12CCN(c1ccc(NS(=O)(=O)CC)cc1-c1cn(C)c(=O)c3[nH]ccc13)CC2. The van der Waals surface area contributed by atoms with Gasteiger partial charge in [0.15, 0.2) is 0 Å². The first kappa shape index (κ1) is 24.4. The third kappa shape index (κ3) is 4.27. The van der Waals surface area contributed by atoms with Crippen LogP contribution in [0.4, 0.5) is 11.4 Å². The van der Waals surface area contributed by atoms with Gasteiger partial charge < -0.3 is 19.2 Å². The maximum absolute atomic E-state index is 12.7. The van der Waals surface area contributed by atoms with Crippen LogP contribution in [0, 0.1) is 11.3 Å². The van der Waals surface area contributed by atoms with Crippen molar-refractivity contribution in [3.05, 3.63) is 47.0 Å². The van der Waals surface area contributed by atoms with Crippen LogP contribution in [-0.2, 0) is 26.6 Å². The Morgan fingerprint density at radius 2 is 1.94 bits per heavy atom. The van der Waals surface area contributed by atoms with Crippen LogP contribution in [0.25, 0.3) is 22.0 Å². The summed E-state index contributed by atoms with van der Waals surface area (Å²) >= 11 is 0. The molecular weight excluding hydrogens is 480 g/mol. The zero-order chi connectivity index (χ0) is 25.7. The Balaban J connectivity index is 1.52. The summed E-state index contributed by atoms with van der Waals surface area (Å²) in [6, 6.07) is 7.45. The first-order chi connectivity index (χ1) is 17.2. The van der Waals surface area contributed by atoms with Crippen LogP contribution in [0.15, 0.2) is 41.5 Å².